The highest BCUT2D eigenvalue weighted by Gasteiger charge is 2.32. The zero-order valence-electron chi connectivity index (χ0n) is 16.5. The molecule has 0 aromatic heterocycles. The van der Waals surface area contributed by atoms with Crippen molar-refractivity contribution >= 4 is 44.0 Å². The summed E-state index contributed by atoms with van der Waals surface area (Å²) in [7, 11) is -2.71. The summed E-state index contributed by atoms with van der Waals surface area (Å²) in [5, 5.41) is 1.90. The number of rotatable bonds is 5. The number of amides is 1. The third-order valence-corrected chi connectivity index (χ3v) is 6.84. The van der Waals surface area contributed by atoms with Gasteiger partial charge in [-0.15, -0.1) is 0 Å². The van der Waals surface area contributed by atoms with E-state index < -0.39 is 15.9 Å². The molecule has 0 fully saturated rings. The zero-order chi connectivity index (χ0) is 22.0. The molecule has 0 spiro atoms. The lowest BCUT2D eigenvalue weighted by atomic mass is 10.0. The number of anilines is 1. The minimum atomic E-state index is -4.22. The highest BCUT2D eigenvalue weighted by molar-refractivity contribution is 7.93. The van der Waals surface area contributed by atoms with Crippen molar-refractivity contribution in [1.82, 2.24) is 0 Å². The molecule has 1 amide bonds. The van der Waals surface area contributed by atoms with Crippen LogP contribution in [0.5, 0.6) is 5.75 Å². The van der Waals surface area contributed by atoms with Crippen LogP contribution in [0.2, 0.25) is 5.02 Å². The van der Waals surface area contributed by atoms with Crippen molar-refractivity contribution in [3.8, 4) is 5.75 Å². The molecule has 0 aliphatic carbocycles. The van der Waals surface area contributed by atoms with Gasteiger partial charge in [-0.1, -0.05) is 48.0 Å². The number of sulfonamides is 1. The molecule has 0 atom stereocenters. The molecule has 7 heteroatoms. The molecule has 0 saturated carbocycles. The fourth-order valence-corrected chi connectivity index (χ4v) is 4.85. The highest BCUT2D eigenvalue weighted by atomic mass is 35.5. The van der Waals surface area contributed by atoms with E-state index in [9.17, 15) is 13.2 Å². The summed E-state index contributed by atoms with van der Waals surface area (Å²) in [5.74, 6) is -0.109. The first-order chi connectivity index (χ1) is 14.9. The summed E-state index contributed by atoms with van der Waals surface area (Å²) >= 11 is 5.93. The Morgan fingerprint density at radius 2 is 1.48 bits per heavy atom. The molecular weight excluding hydrogens is 434 g/mol. The zero-order valence-corrected chi connectivity index (χ0v) is 18.1. The van der Waals surface area contributed by atoms with Crippen LogP contribution in [0.4, 0.5) is 5.69 Å². The molecule has 0 saturated heterocycles. The molecule has 4 aromatic carbocycles. The number of benzene rings is 4. The van der Waals surface area contributed by atoms with E-state index in [1.54, 1.807) is 30.3 Å². The third-order valence-electron chi connectivity index (χ3n) is 4.86. The van der Waals surface area contributed by atoms with Gasteiger partial charge in [-0.05, 0) is 65.4 Å². The Hall–Kier alpha value is -3.35. The standard InChI is InChI=1S/C24H18ClNO4S/c1-30-20-13-11-19(12-14-20)26(31(28,29)21-15-9-18(25)10-16-21)24(27)23-8-4-6-17-5-2-3-7-22(17)23/h2-16H,1H3. The van der Waals surface area contributed by atoms with Crippen LogP contribution in [0.15, 0.2) is 95.9 Å². The second-order valence-electron chi connectivity index (χ2n) is 6.75. The van der Waals surface area contributed by atoms with Gasteiger partial charge in [0.2, 0.25) is 0 Å². The van der Waals surface area contributed by atoms with Crippen molar-refractivity contribution < 1.29 is 17.9 Å². The van der Waals surface area contributed by atoms with Crippen molar-refractivity contribution in [2.75, 3.05) is 11.4 Å². The average molecular weight is 452 g/mol. The second-order valence-corrected chi connectivity index (χ2v) is 8.98. The quantitative estimate of drug-likeness (QED) is 0.399. The predicted molar refractivity (Wildman–Crippen MR) is 122 cm³/mol. The summed E-state index contributed by atoms with van der Waals surface area (Å²) in [6, 6.07) is 24.6. The van der Waals surface area contributed by atoms with E-state index in [0.29, 0.717) is 16.2 Å². The first kappa shape index (κ1) is 20.9. The Labute approximate surface area is 185 Å². The first-order valence-electron chi connectivity index (χ1n) is 9.39. The maximum absolute atomic E-state index is 13.7. The predicted octanol–water partition coefficient (Wildman–Crippen LogP) is 5.54. The number of carbonyl (C=O) groups excluding carboxylic acids is 1. The Kier molecular flexibility index (Phi) is 5.67. The molecule has 0 radical (unpaired) electrons. The molecule has 0 heterocycles. The Bertz CT molecular complexity index is 1350. The van der Waals surface area contributed by atoms with E-state index in [-0.39, 0.29) is 16.1 Å². The van der Waals surface area contributed by atoms with Crippen LogP contribution in [-0.2, 0) is 10.0 Å². The average Bonchev–Trinajstić information content (AvgIpc) is 2.79. The normalized spacial score (nSPS) is 11.3. The van der Waals surface area contributed by atoms with Crippen LogP contribution < -0.4 is 9.04 Å². The second kappa shape index (κ2) is 8.41. The largest absolute Gasteiger partial charge is 0.497 e. The smallest absolute Gasteiger partial charge is 0.272 e. The van der Waals surface area contributed by atoms with Gasteiger partial charge in [0.05, 0.1) is 17.7 Å². The van der Waals surface area contributed by atoms with Crippen molar-refractivity contribution in [2.45, 2.75) is 4.90 Å². The molecule has 5 nitrogen and oxygen atoms in total. The van der Waals surface area contributed by atoms with Gasteiger partial charge in [-0.2, -0.15) is 4.31 Å². The van der Waals surface area contributed by atoms with Crippen LogP contribution in [0.3, 0.4) is 0 Å². The summed E-state index contributed by atoms with van der Waals surface area (Å²) in [6.45, 7) is 0. The lowest BCUT2D eigenvalue weighted by molar-refractivity contribution is 0.101. The van der Waals surface area contributed by atoms with Crippen molar-refractivity contribution in [3.63, 3.8) is 0 Å². The van der Waals surface area contributed by atoms with E-state index in [4.69, 9.17) is 16.3 Å². The highest BCUT2D eigenvalue weighted by Crippen LogP contribution is 2.30. The fraction of sp³-hybridized carbons (Fsp3) is 0.0417. The number of methoxy groups -OCH3 is 1. The number of halogens is 1. The Morgan fingerprint density at radius 1 is 0.839 bits per heavy atom. The maximum atomic E-state index is 13.7. The van der Waals surface area contributed by atoms with Gasteiger partial charge in [0, 0.05) is 10.6 Å². The summed E-state index contributed by atoms with van der Waals surface area (Å²) in [4.78, 5) is 13.6. The summed E-state index contributed by atoms with van der Waals surface area (Å²) in [5.41, 5.74) is 0.486. The molecule has 31 heavy (non-hydrogen) atoms. The van der Waals surface area contributed by atoms with E-state index in [1.165, 1.54) is 43.5 Å². The van der Waals surface area contributed by atoms with Crippen molar-refractivity contribution in [3.05, 3.63) is 102 Å². The molecule has 156 valence electrons. The first-order valence-corrected chi connectivity index (χ1v) is 11.2. The van der Waals surface area contributed by atoms with Crippen molar-refractivity contribution in [1.29, 1.82) is 0 Å². The van der Waals surface area contributed by atoms with Crippen LogP contribution in [-0.4, -0.2) is 21.4 Å². The van der Waals surface area contributed by atoms with Crippen LogP contribution in [0, 0.1) is 0 Å². The number of fused-ring (bicyclic) bond motifs is 1. The van der Waals surface area contributed by atoms with Crippen LogP contribution in [0.1, 0.15) is 10.4 Å². The van der Waals surface area contributed by atoms with E-state index in [1.807, 2.05) is 24.3 Å². The molecule has 0 bridgehead atoms. The van der Waals surface area contributed by atoms with Gasteiger partial charge in [0.25, 0.3) is 15.9 Å². The van der Waals surface area contributed by atoms with Gasteiger partial charge in [-0.3, -0.25) is 4.79 Å². The topological polar surface area (TPSA) is 63.7 Å². The SMILES string of the molecule is COc1ccc(N(C(=O)c2cccc3ccccc23)S(=O)(=O)c2ccc(Cl)cc2)cc1. The molecule has 0 aliphatic heterocycles. The van der Waals surface area contributed by atoms with Gasteiger partial charge in [-0.25, -0.2) is 8.42 Å². The van der Waals surface area contributed by atoms with E-state index in [2.05, 4.69) is 0 Å². The third kappa shape index (κ3) is 4.00. The van der Waals surface area contributed by atoms with E-state index in [0.717, 1.165) is 9.69 Å². The molecule has 0 aliphatic rings. The van der Waals surface area contributed by atoms with Gasteiger partial charge in [0.15, 0.2) is 0 Å². The number of ether oxygens (including phenoxy) is 1. The lowest BCUT2D eigenvalue weighted by Crippen LogP contribution is -2.37. The monoisotopic (exact) mass is 451 g/mol. The molecule has 4 aromatic rings. The number of carbonyl (C=O) groups is 1. The minimum absolute atomic E-state index is 0.0405. The van der Waals surface area contributed by atoms with Crippen LogP contribution in [0.25, 0.3) is 10.8 Å². The number of nitrogens with zero attached hydrogens (tertiary/aromatic N) is 1. The van der Waals surface area contributed by atoms with Crippen molar-refractivity contribution in [2.24, 2.45) is 0 Å². The van der Waals surface area contributed by atoms with Crippen LogP contribution >= 0.6 is 11.6 Å². The molecule has 0 unspecified atom stereocenters. The summed E-state index contributed by atoms with van der Waals surface area (Å²) < 4.78 is 33.1. The maximum Gasteiger partial charge on any atom is 0.272 e. The van der Waals surface area contributed by atoms with Gasteiger partial charge >= 0.3 is 0 Å². The van der Waals surface area contributed by atoms with E-state index >= 15 is 0 Å². The molecular formula is C24H18ClNO4S. The minimum Gasteiger partial charge on any atom is -0.497 e. The number of hydrogen-bond acceptors (Lipinski definition) is 4. The fourth-order valence-electron chi connectivity index (χ4n) is 3.32. The number of hydrogen-bond donors (Lipinski definition) is 0. The lowest BCUT2D eigenvalue weighted by Gasteiger charge is -2.23. The Balaban J connectivity index is 1.91. The molecule has 4 rings (SSSR count). The van der Waals surface area contributed by atoms with Gasteiger partial charge < -0.3 is 4.74 Å². The Morgan fingerprint density at radius 3 is 2.16 bits per heavy atom. The van der Waals surface area contributed by atoms with Gasteiger partial charge in [0.1, 0.15) is 5.75 Å². The summed E-state index contributed by atoms with van der Waals surface area (Å²) in [6.07, 6.45) is 0. The molecule has 0 N–H and O–H groups in total.